The van der Waals surface area contributed by atoms with E-state index in [1.165, 1.54) is 0 Å². The van der Waals surface area contributed by atoms with Gasteiger partial charge in [0, 0.05) is 42.0 Å². The van der Waals surface area contributed by atoms with Crippen molar-refractivity contribution in [2.75, 3.05) is 27.0 Å². The van der Waals surface area contributed by atoms with Gasteiger partial charge in [0.05, 0.1) is 30.7 Å². The quantitative estimate of drug-likeness (QED) is 0.374. The molecule has 35 heavy (non-hydrogen) atoms. The Bertz CT molecular complexity index is 1300. The third-order valence-electron chi connectivity index (χ3n) is 8.37. The summed E-state index contributed by atoms with van der Waals surface area (Å²) in [6.07, 6.45) is 5.30. The standard InChI is InChI=1S/C28H30ClN2O4/c1-3-17-14-31(15-19-11-26-27(13-23(19)29)35-16-34-26)9-7-18(17)10-25(31)28(32)21-6-8-30-24-5-4-20(33-2)12-22(21)24/h3-6,8,11-13,17-18,25,28,32H,1,7,9-10,14-16H2,2H3/q+1/t17?,18?,25?,28-,31?/m1/s1. The first-order valence-corrected chi connectivity index (χ1v) is 12.6. The molecule has 2 bridgehead atoms. The van der Waals surface area contributed by atoms with E-state index in [2.05, 4.69) is 17.6 Å². The molecule has 0 aliphatic carbocycles. The molecule has 3 fully saturated rings. The third-order valence-corrected chi connectivity index (χ3v) is 8.72. The Morgan fingerprint density at radius 3 is 2.89 bits per heavy atom. The molecule has 0 spiro atoms. The predicted octanol–water partition coefficient (Wildman–Crippen LogP) is 5.27. The van der Waals surface area contributed by atoms with E-state index in [-0.39, 0.29) is 12.8 Å². The molecule has 1 aromatic heterocycles. The summed E-state index contributed by atoms with van der Waals surface area (Å²) in [6, 6.07) is 11.7. The number of benzene rings is 2. The average Bonchev–Trinajstić information content (AvgIpc) is 3.34. The van der Waals surface area contributed by atoms with Crippen LogP contribution >= 0.6 is 11.6 Å². The molecule has 1 N–H and O–H groups in total. The molecule has 3 saturated heterocycles. The number of aromatic nitrogens is 1. The Labute approximate surface area is 210 Å². The van der Waals surface area contributed by atoms with Gasteiger partial charge in [-0.1, -0.05) is 17.7 Å². The van der Waals surface area contributed by atoms with Gasteiger partial charge in [-0.2, -0.15) is 0 Å². The largest absolute Gasteiger partial charge is 0.497 e. The molecule has 4 aliphatic rings. The molecule has 7 heteroatoms. The molecule has 4 unspecified atom stereocenters. The number of aliphatic hydroxyl groups is 1. The number of halogens is 1. The Morgan fingerprint density at radius 2 is 2.09 bits per heavy atom. The minimum Gasteiger partial charge on any atom is -0.497 e. The average molecular weight is 494 g/mol. The lowest BCUT2D eigenvalue weighted by Gasteiger charge is -2.58. The summed E-state index contributed by atoms with van der Waals surface area (Å²) >= 11 is 6.73. The zero-order chi connectivity index (χ0) is 24.2. The zero-order valence-corrected chi connectivity index (χ0v) is 20.6. The molecule has 0 radical (unpaired) electrons. The van der Waals surface area contributed by atoms with Crippen molar-refractivity contribution in [3.8, 4) is 17.2 Å². The molecule has 0 saturated carbocycles. The van der Waals surface area contributed by atoms with Gasteiger partial charge in [0.25, 0.3) is 0 Å². The number of fused-ring (bicyclic) bond motifs is 5. The highest BCUT2D eigenvalue weighted by atomic mass is 35.5. The monoisotopic (exact) mass is 493 g/mol. The Kier molecular flexibility index (Phi) is 5.63. The lowest BCUT2D eigenvalue weighted by molar-refractivity contribution is -0.984. The minimum atomic E-state index is -0.644. The fourth-order valence-electron chi connectivity index (χ4n) is 6.54. The smallest absolute Gasteiger partial charge is 0.231 e. The van der Waals surface area contributed by atoms with E-state index in [0.29, 0.717) is 22.6 Å². The van der Waals surface area contributed by atoms with Crippen molar-refractivity contribution in [2.24, 2.45) is 11.8 Å². The summed E-state index contributed by atoms with van der Waals surface area (Å²) in [4.78, 5) is 4.52. The number of pyridine rings is 1. The fraction of sp³-hybridized carbons (Fsp3) is 0.393. The number of piperidine rings is 3. The normalized spacial score (nSPS) is 27.7. The highest BCUT2D eigenvalue weighted by Crippen LogP contribution is 2.49. The number of ether oxygens (including phenoxy) is 3. The topological polar surface area (TPSA) is 60.8 Å². The van der Waals surface area contributed by atoms with E-state index in [4.69, 9.17) is 25.8 Å². The van der Waals surface area contributed by atoms with Gasteiger partial charge in [0.1, 0.15) is 24.4 Å². The summed E-state index contributed by atoms with van der Waals surface area (Å²) in [6.45, 7) is 7.01. The predicted molar refractivity (Wildman–Crippen MR) is 135 cm³/mol. The van der Waals surface area contributed by atoms with Crippen LogP contribution in [0.3, 0.4) is 0 Å². The molecule has 3 aromatic rings. The minimum absolute atomic E-state index is 0.0308. The molecular weight excluding hydrogens is 464 g/mol. The highest BCUT2D eigenvalue weighted by molar-refractivity contribution is 6.31. The summed E-state index contributed by atoms with van der Waals surface area (Å²) in [5.41, 5.74) is 2.78. The Hall–Kier alpha value is -2.80. The number of rotatable bonds is 6. The van der Waals surface area contributed by atoms with Gasteiger partial charge in [0.15, 0.2) is 11.5 Å². The van der Waals surface area contributed by atoms with Gasteiger partial charge >= 0.3 is 0 Å². The SMILES string of the molecule is C=CC1C[N+]2(Cc3cc4c(cc3Cl)OCO4)CCC1CC2[C@H](O)c1ccnc2ccc(OC)cc12. The van der Waals surface area contributed by atoms with Crippen LogP contribution in [-0.2, 0) is 6.54 Å². The maximum Gasteiger partial charge on any atom is 0.231 e. The van der Waals surface area contributed by atoms with Gasteiger partial charge < -0.3 is 23.8 Å². The zero-order valence-electron chi connectivity index (χ0n) is 19.8. The van der Waals surface area contributed by atoms with Crippen molar-refractivity contribution in [3.05, 3.63) is 71.4 Å². The molecule has 5 atom stereocenters. The number of hydrogen-bond acceptors (Lipinski definition) is 5. The second-order valence-corrected chi connectivity index (χ2v) is 10.5. The van der Waals surface area contributed by atoms with Gasteiger partial charge in [0.2, 0.25) is 6.79 Å². The molecule has 2 aromatic carbocycles. The van der Waals surface area contributed by atoms with Crippen LogP contribution < -0.4 is 14.2 Å². The number of quaternary nitrogens is 1. The van der Waals surface area contributed by atoms with Gasteiger partial charge in [-0.05, 0) is 41.8 Å². The highest BCUT2D eigenvalue weighted by Gasteiger charge is 2.54. The van der Waals surface area contributed by atoms with E-state index < -0.39 is 6.10 Å². The van der Waals surface area contributed by atoms with E-state index in [1.807, 2.05) is 36.4 Å². The molecule has 4 aliphatic heterocycles. The molecule has 7 rings (SSSR count). The van der Waals surface area contributed by atoms with Crippen molar-refractivity contribution in [1.82, 2.24) is 4.98 Å². The van der Waals surface area contributed by atoms with Gasteiger partial charge in [-0.3, -0.25) is 4.98 Å². The van der Waals surface area contributed by atoms with Crippen LogP contribution in [-0.4, -0.2) is 47.6 Å². The molecular formula is C28H30ClN2O4+. The van der Waals surface area contributed by atoms with E-state index in [0.717, 1.165) is 70.5 Å². The van der Waals surface area contributed by atoms with Crippen LogP contribution in [0.1, 0.15) is 30.1 Å². The van der Waals surface area contributed by atoms with Crippen LogP contribution in [0.5, 0.6) is 17.2 Å². The lowest BCUT2D eigenvalue weighted by atomic mass is 9.71. The van der Waals surface area contributed by atoms with Crippen LogP contribution in [0, 0.1) is 11.8 Å². The summed E-state index contributed by atoms with van der Waals surface area (Å²) in [5.74, 6) is 3.14. The Balaban J connectivity index is 1.41. The first kappa shape index (κ1) is 22.7. The summed E-state index contributed by atoms with van der Waals surface area (Å²) in [7, 11) is 1.66. The molecule has 6 nitrogen and oxygen atoms in total. The number of hydrogen-bond donors (Lipinski definition) is 1. The number of nitrogens with zero attached hydrogens (tertiary/aromatic N) is 2. The van der Waals surface area contributed by atoms with Crippen molar-refractivity contribution >= 4 is 22.5 Å². The van der Waals surface area contributed by atoms with Crippen LogP contribution in [0.15, 0.2) is 55.3 Å². The number of aliphatic hydroxyl groups excluding tert-OH is 1. The van der Waals surface area contributed by atoms with Crippen LogP contribution in [0.2, 0.25) is 5.02 Å². The number of methoxy groups -OCH3 is 1. The van der Waals surface area contributed by atoms with Crippen molar-refractivity contribution in [3.63, 3.8) is 0 Å². The van der Waals surface area contributed by atoms with E-state index in [1.54, 1.807) is 13.3 Å². The molecule has 5 heterocycles. The Morgan fingerprint density at radius 1 is 1.26 bits per heavy atom. The lowest BCUT2D eigenvalue weighted by Crippen LogP contribution is -2.67. The third kappa shape index (κ3) is 3.75. The van der Waals surface area contributed by atoms with Crippen molar-refractivity contribution < 1.29 is 23.8 Å². The second-order valence-electron chi connectivity index (χ2n) is 10.1. The van der Waals surface area contributed by atoms with Crippen molar-refractivity contribution in [1.29, 1.82) is 0 Å². The van der Waals surface area contributed by atoms with E-state index in [9.17, 15) is 5.11 Å². The summed E-state index contributed by atoms with van der Waals surface area (Å²) in [5, 5.41) is 13.6. The maximum absolute atomic E-state index is 12.0. The van der Waals surface area contributed by atoms with Gasteiger partial charge in [-0.15, -0.1) is 6.58 Å². The summed E-state index contributed by atoms with van der Waals surface area (Å²) < 4.78 is 17.4. The fourth-order valence-corrected chi connectivity index (χ4v) is 6.75. The first-order chi connectivity index (χ1) is 17.0. The maximum atomic E-state index is 12.0. The first-order valence-electron chi connectivity index (χ1n) is 12.2. The van der Waals surface area contributed by atoms with Crippen molar-refractivity contribution in [2.45, 2.75) is 31.5 Å². The van der Waals surface area contributed by atoms with Gasteiger partial charge in [-0.25, -0.2) is 0 Å². The van der Waals surface area contributed by atoms with Crippen LogP contribution in [0.25, 0.3) is 10.9 Å². The van der Waals surface area contributed by atoms with Crippen LogP contribution in [0.4, 0.5) is 0 Å². The second kappa shape index (κ2) is 8.70. The molecule has 0 amide bonds. The molecule has 182 valence electrons. The van der Waals surface area contributed by atoms with E-state index >= 15 is 0 Å².